The number of benzene rings is 1. The Kier molecular flexibility index (Phi) is 2.51. The number of hydrogen-bond acceptors (Lipinski definition) is 1. The molecule has 0 aliphatic heterocycles. The minimum absolute atomic E-state index is 0.0252. The monoisotopic (exact) mass is 216 g/mol. The van der Waals surface area contributed by atoms with E-state index >= 15 is 0 Å². The van der Waals surface area contributed by atoms with Gasteiger partial charge in [0.05, 0.1) is 6.10 Å². The summed E-state index contributed by atoms with van der Waals surface area (Å²) in [6.07, 6.45) is 8.27. The standard InChI is InChI=1S/C15H20O/c16-14-6-9-15(10-7-14)8-5-12-3-1-2-4-13(12)11-15/h1-4,14,16H,5-11H2. The van der Waals surface area contributed by atoms with Crippen LogP contribution in [0.4, 0.5) is 0 Å². The predicted molar refractivity (Wildman–Crippen MR) is 65.4 cm³/mol. The van der Waals surface area contributed by atoms with Crippen molar-refractivity contribution in [3.8, 4) is 0 Å². The lowest BCUT2D eigenvalue weighted by Gasteiger charge is -2.42. The van der Waals surface area contributed by atoms with Gasteiger partial charge in [-0.15, -0.1) is 0 Å². The predicted octanol–water partition coefficient (Wildman–Crippen LogP) is 3.10. The first-order valence-electron chi connectivity index (χ1n) is 6.52. The summed E-state index contributed by atoms with van der Waals surface area (Å²) in [5, 5.41) is 9.62. The van der Waals surface area contributed by atoms with Crippen molar-refractivity contribution in [2.45, 2.75) is 51.0 Å². The molecule has 1 saturated carbocycles. The average Bonchev–Trinajstić information content (AvgIpc) is 2.33. The summed E-state index contributed by atoms with van der Waals surface area (Å²) in [4.78, 5) is 0. The molecule has 0 amide bonds. The minimum Gasteiger partial charge on any atom is -0.393 e. The van der Waals surface area contributed by atoms with Crippen LogP contribution in [0.5, 0.6) is 0 Å². The Labute approximate surface area is 97.5 Å². The second-order valence-corrected chi connectivity index (χ2v) is 5.68. The molecule has 0 unspecified atom stereocenters. The average molecular weight is 216 g/mol. The molecule has 0 aromatic heterocycles. The first-order valence-corrected chi connectivity index (χ1v) is 6.52. The van der Waals surface area contributed by atoms with Gasteiger partial charge >= 0.3 is 0 Å². The maximum atomic E-state index is 9.62. The molecule has 16 heavy (non-hydrogen) atoms. The van der Waals surface area contributed by atoms with Crippen molar-refractivity contribution < 1.29 is 5.11 Å². The molecule has 86 valence electrons. The van der Waals surface area contributed by atoms with Crippen molar-refractivity contribution in [2.24, 2.45) is 5.41 Å². The van der Waals surface area contributed by atoms with E-state index in [0.29, 0.717) is 5.41 Å². The third-order valence-electron chi connectivity index (χ3n) is 4.62. The molecular formula is C15H20O. The summed E-state index contributed by atoms with van der Waals surface area (Å²) in [6.45, 7) is 0. The molecule has 1 heteroatoms. The normalized spacial score (nSPS) is 33.7. The molecule has 0 saturated heterocycles. The van der Waals surface area contributed by atoms with E-state index in [4.69, 9.17) is 0 Å². The molecule has 0 heterocycles. The van der Waals surface area contributed by atoms with Crippen molar-refractivity contribution in [2.75, 3.05) is 0 Å². The number of aliphatic hydroxyl groups is 1. The van der Waals surface area contributed by atoms with Gasteiger partial charge in [-0.05, 0) is 61.5 Å². The molecule has 0 bridgehead atoms. The van der Waals surface area contributed by atoms with E-state index in [1.54, 1.807) is 11.1 Å². The summed E-state index contributed by atoms with van der Waals surface area (Å²) < 4.78 is 0. The summed E-state index contributed by atoms with van der Waals surface area (Å²) in [5.41, 5.74) is 3.64. The zero-order valence-electron chi connectivity index (χ0n) is 9.78. The van der Waals surface area contributed by atoms with E-state index in [1.807, 2.05) is 0 Å². The van der Waals surface area contributed by atoms with Crippen LogP contribution in [0.3, 0.4) is 0 Å². The molecule has 0 atom stereocenters. The zero-order valence-corrected chi connectivity index (χ0v) is 9.78. The fraction of sp³-hybridized carbons (Fsp3) is 0.600. The quantitative estimate of drug-likeness (QED) is 0.706. The Hall–Kier alpha value is -0.820. The molecule has 1 aromatic carbocycles. The second kappa shape index (κ2) is 3.89. The first-order chi connectivity index (χ1) is 7.77. The van der Waals surface area contributed by atoms with Crippen molar-refractivity contribution in [3.63, 3.8) is 0 Å². The summed E-state index contributed by atoms with van der Waals surface area (Å²) >= 11 is 0. The zero-order chi connectivity index (χ0) is 11.0. The molecule has 1 nitrogen and oxygen atoms in total. The van der Waals surface area contributed by atoms with Gasteiger partial charge in [0.15, 0.2) is 0 Å². The van der Waals surface area contributed by atoms with E-state index in [-0.39, 0.29) is 6.10 Å². The molecule has 1 aromatic rings. The van der Waals surface area contributed by atoms with Gasteiger partial charge in [-0.25, -0.2) is 0 Å². The Bertz CT molecular complexity index is 375. The SMILES string of the molecule is OC1CCC2(CCc3ccccc3C2)CC1. The van der Waals surface area contributed by atoms with Gasteiger partial charge in [0, 0.05) is 0 Å². The lowest BCUT2D eigenvalue weighted by atomic mass is 9.63. The Balaban J connectivity index is 1.82. The third kappa shape index (κ3) is 1.78. The van der Waals surface area contributed by atoms with Gasteiger partial charge in [0.1, 0.15) is 0 Å². The first kappa shape index (κ1) is 10.3. The highest BCUT2D eigenvalue weighted by molar-refractivity contribution is 5.31. The Morgan fingerprint density at radius 2 is 1.69 bits per heavy atom. The van der Waals surface area contributed by atoms with Gasteiger partial charge in [-0.2, -0.15) is 0 Å². The highest BCUT2D eigenvalue weighted by atomic mass is 16.3. The van der Waals surface area contributed by atoms with E-state index < -0.39 is 0 Å². The van der Waals surface area contributed by atoms with Crippen LogP contribution in [0.2, 0.25) is 0 Å². The van der Waals surface area contributed by atoms with Crippen LogP contribution in [0.25, 0.3) is 0 Å². The van der Waals surface area contributed by atoms with Gasteiger partial charge in [-0.3, -0.25) is 0 Å². The lowest BCUT2D eigenvalue weighted by molar-refractivity contribution is 0.0542. The molecule has 1 fully saturated rings. The number of hydrogen-bond donors (Lipinski definition) is 1. The van der Waals surface area contributed by atoms with Crippen molar-refractivity contribution in [1.29, 1.82) is 0 Å². The smallest absolute Gasteiger partial charge is 0.0540 e. The highest BCUT2D eigenvalue weighted by Gasteiger charge is 2.37. The fourth-order valence-corrected chi connectivity index (χ4v) is 3.51. The molecule has 1 spiro atoms. The van der Waals surface area contributed by atoms with Gasteiger partial charge < -0.3 is 5.11 Å². The van der Waals surface area contributed by atoms with Gasteiger partial charge in [-0.1, -0.05) is 24.3 Å². The summed E-state index contributed by atoms with van der Waals surface area (Å²) in [6, 6.07) is 8.89. The van der Waals surface area contributed by atoms with E-state index in [0.717, 1.165) is 12.8 Å². The summed E-state index contributed by atoms with van der Waals surface area (Å²) in [7, 11) is 0. The van der Waals surface area contributed by atoms with E-state index in [1.165, 1.54) is 32.1 Å². The molecule has 3 rings (SSSR count). The Morgan fingerprint density at radius 3 is 2.44 bits per heavy atom. The number of aliphatic hydroxyl groups excluding tert-OH is 1. The number of rotatable bonds is 0. The van der Waals surface area contributed by atoms with Crippen molar-refractivity contribution >= 4 is 0 Å². The van der Waals surface area contributed by atoms with E-state index in [2.05, 4.69) is 24.3 Å². The van der Waals surface area contributed by atoms with Crippen LogP contribution < -0.4 is 0 Å². The fourth-order valence-electron chi connectivity index (χ4n) is 3.51. The molecule has 0 radical (unpaired) electrons. The maximum absolute atomic E-state index is 9.62. The van der Waals surface area contributed by atoms with Crippen LogP contribution in [0.1, 0.15) is 43.2 Å². The van der Waals surface area contributed by atoms with Gasteiger partial charge in [0.25, 0.3) is 0 Å². The molecular weight excluding hydrogens is 196 g/mol. The van der Waals surface area contributed by atoms with Crippen LogP contribution in [-0.2, 0) is 12.8 Å². The topological polar surface area (TPSA) is 20.2 Å². The largest absolute Gasteiger partial charge is 0.393 e. The molecule has 2 aliphatic rings. The summed E-state index contributed by atoms with van der Waals surface area (Å²) in [5.74, 6) is 0. The Morgan fingerprint density at radius 1 is 1.00 bits per heavy atom. The van der Waals surface area contributed by atoms with Crippen LogP contribution in [0.15, 0.2) is 24.3 Å². The van der Waals surface area contributed by atoms with Crippen LogP contribution in [0, 0.1) is 5.41 Å². The molecule has 1 N–H and O–H groups in total. The van der Waals surface area contributed by atoms with Crippen molar-refractivity contribution in [3.05, 3.63) is 35.4 Å². The van der Waals surface area contributed by atoms with Crippen LogP contribution >= 0.6 is 0 Å². The third-order valence-corrected chi connectivity index (χ3v) is 4.62. The highest BCUT2D eigenvalue weighted by Crippen LogP contribution is 2.46. The van der Waals surface area contributed by atoms with Crippen LogP contribution in [-0.4, -0.2) is 11.2 Å². The van der Waals surface area contributed by atoms with Crippen molar-refractivity contribution in [1.82, 2.24) is 0 Å². The number of fused-ring (bicyclic) bond motifs is 1. The van der Waals surface area contributed by atoms with E-state index in [9.17, 15) is 5.11 Å². The number of aryl methyl sites for hydroxylation is 1. The maximum Gasteiger partial charge on any atom is 0.0540 e. The lowest BCUT2D eigenvalue weighted by Crippen LogP contribution is -2.34. The molecule has 2 aliphatic carbocycles. The minimum atomic E-state index is -0.0252. The second-order valence-electron chi connectivity index (χ2n) is 5.68. The van der Waals surface area contributed by atoms with Gasteiger partial charge in [0.2, 0.25) is 0 Å².